The van der Waals surface area contributed by atoms with Crippen LogP contribution in [0.15, 0.2) is 40.9 Å². The predicted molar refractivity (Wildman–Crippen MR) is 77.9 cm³/mol. The van der Waals surface area contributed by atoms with Crippen molar-refractivity contribution in [2.24, 2.45) is 0 Å². The third-order valence-electron chi connectivity index (χ3n) is 2.80. The summed E-state index contributed by atoms with van der Waals surface area (Å²) < 4.78 is 19.4. The monoisotopic (exact) mass is 355 g/mol. The molecular formula is C14H11BrFNO4. The van der Waals surface area contributed by atoms with Crippen LogP contribution in [0, 0.1) is 15.9 Å². The number of para-hydroxylation sites is 1. The van der Waals surface area contributed by atoms with Crippen LogP contribution < -0.4 is 4.74 Å². The second kappa shape index (κ2) is 6.19. The summed E-state index contributed by atoms with van der Waals surface area (Å²) in [6.45, 7) is 1.48. The summed E-state index contributed by atoms with van der Waals surface area (Å²) in [5, 5.41) is 20.5. The Balaban J connectivity index is 2.49. The Morgan fingerprint density at radius 3 is 2.62 bits per heavy atom. The van der Waals surface area contributed by atoms with Crippen molar-refractivity contribution in [3.63, 3.8) is 0 Å². The number of ether oxygens (including phenoxy) is 1. The summed E-state index contributed by atoms with van der Waals surface area (Å²) >= 11 is 3.07. The molecule has 1 unspecified atom stereocenters. The Labute approximate surface area is 128 Å². The number of halogens is 2. The van der Waals surface area contributed by atoms with Gasteiger partial charge in [0.2, 0.25) is 0 Å². The van der Waals surface area contributed by atoms with Crippen LogP contribution in [0.3, 0.4) is 0 Å². The van der Waals surface area contributed by atoms with Crippen molar-refractivity contribution in [3.05, 3.63) is 62.4 Å². The van der Waals surface area contributed by atoms with Crippen LogP contribution in [0.5, 0.6) is 11.5 Å². The minimum absolute atomic E-state index is 0.0937. The Morgan fingerprint density at radius 1 is 1.33 bits per heavy atom. The zero-order valence-electron chi connectivity index (χ0n) is 10.9. The first-order valence-corrected chi connectivity index (χ1v) is 6.78. The van der Waals surface area contributed by atoms with Crippen LogP contribution in [0.25, 0.3) is 0 Å². The number of nitro groups is 1. The average Bonchev–Trinajstić information content (AvgIpc) is 2.42. The van der Waals surface area contributed by atoms with Gasteiger partial charge in [-0.2, -0.15) is 0 Å². The maximum absolute atomic E-state index is 13.9. The summed E-state index contributed by atoms with van der Waals surface area (Å²) in [4.78, 5) is 10.3. The standard InChI is InChI=1S/C14H11BrFNO4/c1-8(18)9-4-2-5-10(16)14(9)21-12-7-3-6-11(13(12)15)17(19)20/h2-8,18H,1H3. The quantitative estimate of drug-likeness (QED) is 0.653. The SMILES string of the molecule is CC(O)c1cccc(F)c1Oc1cccc([N+](=O)[O-])c1Br. The molecule has 0 spiro atoms. The van der Waals surface area contributed by atoms with E-state index in [0.717, 1.165) is 0 Å². The second-order valence-corrected chi connectivity index (χ2v) is 5.08. The fraction of sp³-hybridized carbons (Fsp3) is 0.143. The first kappa shape index (κ1) is 15.4. The van der Waals surface area contributed by atoms with Gasteiger partial charge in [0.1, 0.15) is 10.2 Å². The van der Waals surface area contributed by atoms with Gasteiger partial charge in [-0.05, 0) is 35.0 Å². The van der Waals surface area contributed by atoms with Crippen LogP contribution in [0.2, 0.25) is 0 Å². The van der Waals surface area contributed by atoms with Gasteiger partial charge < -0.3 is 9.84 Å². The Morgan fingerprint density at radius 2 is 2.00 bits per heavy atom. The lowest BCUT2D eigenvalue weighted by molar-refractivity contribution is -0.385. The number of benzene rings is 2. The molecule has 0 aliphatic carbocycles. The molecule has 0 heterocycles. The number of nitrogens with zero attached hydrogens (tertiary/aromatic N) is 1. The minimum atomic E-state index is -0.937. The molecule has 5 nitrogen and oxygen atoms in total. The molecular weight excluding hydrogens is 345 g/mol. The highest BCUT2D eigenvalue weighted by Gasteiger charge is 2.20. The van der Waals surface area contributed by atoms with Gasteiger partial charge in [-0.25, -0.2) is 4.39 Å². The molecule has 0 bridgehead atoms. The molecule has 0 amide bonds. The maximum Gasteiger partial charge on any atom is 0.287 e. The van der Waals surface area contributed by atoms with E-state index < -0.39 is 16.8 Å². The van der Waals surface area contributed by atoms with E-state index in [4.69, 9.17) is 4.74 Å². The smallest absolute Gasteiger partial charge is 0.287 e. The highest BCUT2D eigenvalue weighted by molar-refractivity contribution is 9.10. The van der Waals surface area contributed by atoms with Crippen molar-refractivity contribution < 1.29 is 19.2 Å². The van der Waals surface area contributed by atoms with Gasteiger partial charge in [-0.3, -0.25) is 10.1 Å². The Bertz CT molecular complexity index is 691. The molecule has 0 saturated heterocycles. The zero-order valence-corrected chi connectivity index (χ0v) is 12.5. The van der Waals surface area contributed by atoms with Crippen LogP contribution >= 0.6 is 15.9 Å². The molecule has 0 saturated carbocycles. The van der Waals surface area contributed by atoms with Crippen molar-refractivity contribution in [2.75, 3.05) is 0 Å². The van der Waals surface area contributed by atoms with Crippen LogP contribution in [-0.4, -0.2) is 10.0 Å². The van der Waals surface area contributed by atoms with E-state index in [9.17, 15) is 19.6 Å². The molecule has 2 rings (SSSR count). The third kappa shape index (κ3) is 3.20. The number of aliphatic hydroxyl groups is 1. The number of nitro benzene ring substituents is 1. The molecule has 7 heteroatoms. The first-order chi connectivity index (χ1) is 9.91. The van der Waals surface area contributed by atoms with Gasteiger partial charge in [0.15, 0.2) is 11.6 Å². The summed E-state index contributed by atoms with van der Waals surface area (Å²) in [5.74, 6) is -0.725. The van der Waals surface area contributed by atoms with E-state index in [2.05, 4.69) is 15.9 Å². The molecule has 1 atom stereocenters. The van der Waals surface area contributed by atoms with Crippen molar-refractivity contribution in [1.82, 2.24) is 0 Å². The van der Waals surface area contributed by atoms with E-state index in [1.165, 1.54) is 43.3 Å². The van der Waals surface area contributed by atoms with Crippen molar-refractivity contribution in [2.45, 2.75) is 13.0 Å². The molecule has 2 aromatic rings. The predicted octanol–water partition coefficient (Wildman–Crippen LogP) is 4.34. The van der Waals surface area contributed by atoms with E-state index in [1.54, 1.807) is 0 Å². The number of hydrogen-bond donors (Lipinski definition) is 1. The summed E-state index contributed by atoms with van der Waals surface area (Å²) in [5.41, 5.74) is 0.0656. The lowest BCUT2D eigenvalue weighted by atomic mass is 10.1. The highest BCUT2D eigenvalue weighted by atomic mass is 79.9. The fourth-order valence-electron chi connectivity index (χ4n) is 1.79. The zero-order chi connectivity index (χ0) is 15.6. The van der Waals surface area contributed by atoms with Crippen LogP contribution in [-0.2, 0) is 0 Å². The molecule has 0 aliphatic rings. The molecule has 2 aromatic carbocycles. The van der Waals surface area contributed by atoms with Gasteiger partial charge in [0.05, 0.1) is 11.0 Å². The van der Waals surface area contributed by atoms with Crippen LogP contribution in [0.1, 0.15) is 18.6 Å². The van der Waals surface area contributed by atoms with Crippen LogP contribution in [0.4, 0.5) is 10.1 Å². The van der Waals surface area contributed by atoms with Gasteiger partial charge in [-0.15, -0.1) is 0 Å². The summed E-state index contributed by atoms with van der Waals surface area (Å²) in [6, 6.07) is 8.36. The van der Waals surface area contributed by atoms with Gasteiger partial charge in [0.25, 0.3) is 5.69 Å². The molecule has 0 fully saturated rings. The Kier molecular flexibility index (Phi) is 4.54. The lowest BCUT2D eigenvalue weighted by Crippen LogP contribution is -2.00. The van der Waals surface area contributed by atoms with Gasteiger partial charge in [0, 0.05) is 11.6 Å². The molecule has 21 heavy (non-hydrogen) atoms. The average molecular weight is 356 g/mol. The number of aliphatic hydroxyl groups excluding tert-OH is 1. The van der Waals surface area contributed by atoms with Crippen molar-refractivity contribution >= 4 is 21.6 Å². The Hall–Kier alpha value is -1.99. The van der Waals surface area contributed by atoms with Crippen molar-refractivity contribution in [3.8, 4) is 11.5 Å². The first-order valence-electron chi connectivity index (χ1n) is 5.99. The fourth-order valence-corrected chi connectivity index (χ4v) is 2.28. The third-order valence-corrected chi connectivity index (χ3v) is 3.60. The van der Waals surface area contributed by atoms with Gasteiger partial charge in [-0.1, -0.05) is 18.2 Å². The second-order valence-electron chi connectivity index (χ2n) is 4.28. The molecule has 1 N–H and O–H groups in total. The number of rotatable bonds is 4. The minimum Gasteiger partial charge on any atom is -0.452 e. The molecule has 110 valence electrons. The van der Waals surface area contributed by atoms with Gasteiger partial charge >= 0.3 is 0 Å². The van der Waals surface area contributed by atoms with Crippen molar-refractivity contribution in [1.29, 1.82) is 0 Å². The lowest BCUT2D eigenvalue weighted by Gasteiger charge is -2.14. The summed E-state index contributed by atoms with van der Waals surface area (Å²) in [6.07, 6.45) is -0.937. The summed E-state index contributed by atoms with van der Waals surface area (Å²) in [7, 11) is 0. The number of hydrogen-bond acceptors (Lipinski definition) is 4. The molecule has 0 aliphatic heterocycles. The molecule has 0 radical (unpaired) electrons. The normalized spacial score (nSPS) is 12.0. The largest absolute Gasteiger partial charge is 0.452 e. The maximum atomic E-state index is 13.9. The van der Waals surface area contributed by atoms with E-state index in [0.29, 0.717) is 0 Å². The highest BCUT2D eigenvalue weighted by Crippen LogP contribution is 2.39. The van der Waals surface area contributed by atoms with E-state index in [1.807, 2.05) is 0 Å². The molecule has 0 aromatic heterocycles. The van der Waals surface area contributed by atoms with E-state index >= 15 is 0 Å². The van der Waals surface area contributed by atoms with E-state index in [-0.39, 0.29) is 27.2 Å². The topological polar surface area (TPSA) is 72.6 Å².